The first-order valence-corrected chi connectivity index (χ1v) is 11.2. The summed E-state index contributed by atoms with van der Waals surface area (Å²) in [5.41, 5.74) is -0.0973. The minimum atomic E-state index is -0.437. The molecule has 2 N–H and O–H groups in total. The van der Waals surface area contributed by atoms with Crippen LogP contribution in [0.2, 0.25) is 0 Å². The standard InChI is InChI=1S/C22H42N4O3/c1-21(2,3)29-20(27)26-13-8-18(9-14-26)16-24-19(23-4)25-17-22(12-15-28-5)10-6-7-11-22/h18H,6-17H2,1-5H3,(H2,23,24,25). The van der Waals surface area contributed by atoms with Gasteiger partial charge in [-0.2, -0.15) is 0 Å². The first kappa shape index (κ1) is 23.8. The molecule has 168 valence electrons. The van der Waals surface area contributed by atoms with Gasteiger partial charge in [-0.15, -0.1) is 0 Å². The number of methoxy groups -OCH3 is 1. The van der Waals surface area contributed by atoms with Gasteiger partial charge in [-0.25, -0.2) is 4.79 Å². The second kappa shape index (κ2) is 11.0. The number of ether oxygens (including phenoxy) is 2. The molecule has 1 aliphatic carbocycles. The molecule has 1 heterocycles. The molecule has 0 spiro atoms. The predicted molar refractivity (Wildman–Crippen MR) is 117 cm³/mol. The molecule has 0 unspecified atom stereocenters. The Kier molecular flexibility index (Phi) is 9.05. The molecule has 2 fully saturated rings. The average Bonchev–Trinajstić information content (AvgIpc) is 3.15. The van der Waals surface area contributed by atoms with Crippen LogP contribution in [0.1, 0.15) is 65.7 Å². The molecule has 0 atom stereocenters. The van der Waals surface area contributed by atoms with Gasteiger partial charge in [0.25, 0.3) is 0 Å². The molecule has 1 aliphatic heterocycles. The smallest absolute Gasteiger partial charge is 0.410 e. The van der Waals surface area contributed by atoms with Crippen LogP contribution in [0.4, 0.5) is 4.79 Å². The van der Waals surface area contributed by atoms with E-state index in [-0.39, 0.29) is 6.09 Å². The second-order valence-corrected chi connectivity index (χ2v) is 9.67. The lowest BCUT2D eigenvalue weighted by molar-refractivity contribution is 0.0185. The summed E-state index contributed by atoms with van der Waals surface area (Å²) < 4.78 is 10.8. The maximum atomic E-state index is 12.2. The van der Waals surface area contributed by atoms with Crippen molar-refractivity contribution in [1.29, 1.82) is 0 Å². The van der Waals surface area contributed by atoms with Crippen molar-refractivity contribution in [2.45, 2.75) is 71.3 Å². The molecule has 2 rings (SSSR count). The van der Waals surface area contributed by atoms with Crippen LogP contribution < -0.4 is 10.6 Å². The van der Waals surface area contributed by atoms with E-state index in [4.69, 9.17) is 9.47 Å². The van der Waals surface area contributed by atoms with Gasteiger partial charge in [0.2, 0.25) is 0 Å². The van der Waals surface area contributed by atoms with E-state index in [0.29, 0.717) is 11.3 Å². The monoisotopic (exact) mass is 410 g/mol. The zero-order valence-corrected chi connectivity index (χ0v) is 19.2. The van der Waals surface area contributed by atoms with Gasteiger partial charge in [0.1, 0.15) is 5.60 Å². The number of carbonyl (C=O) groups excluding carboxylic acids is 1. The lowest BCUT2D eigenvalue weighted by atomic mass is 9.83. The molecule has 29 heavy (non-hydrogen) atoms. The van der Waals surface area contributed by atoms with Crippen molar-refractivity contribution in [2.75, 3.05) is 46.9 Å². The zero-order valence-electron chi connectivity index (χ0n) is 19.2. The summed E-state index contributed by atoms with van der Waals surface area (Å²) in [5.74, 6) is 1.42. The van der Waals surface area contributed by atoms with Crippen molar-refractivity contribution in [2.24, 2.45) is 16.3 Å². The normalized spacial score (nSPS) is 20.6. The maximum Gasteiger partial charge on any atom is 0.410 e. The highest BCUT2D eigenvalue weighted by molar-refractivity contribution is 5.79. The SMILES string of the molecule is CN=C(NCC1CCN(C(=O)OC(C)(C)C)CC1)NCC1(CCOC)CCCC1. The molecule has 0 bridgehead atoms. The average molecular weight is 411 g/mol. The van der Waals surface area contributed by atoms with Gasteiger partial charge in [0.15, 0.2) is 5.96 Å². The largest absolute Gasteiger partial charge is 0.444 e. The Morgan fingerprint density at radius 2 is 1.83 bits per heavy atom. The van der Waals surface area contributed by atoms with Gasteiger partial charge in [-0.1, -0.05) is 12.8 Å². The van der Waals surface area contributed by atoms with Crippen LogP contribution in [-0.2, 0) is 9.47 Å². The highest BCUT2D eigenvalue weighted by Crippen LogP contribution is 2.40. The Balaban J connectivity index is 1.71. The summed E-state index contributed by atoms with van der Waals surface area (Å²) in [6.07, 6.45) is 8.05. The van der Waals surface area contributed by atoms with E-state index >= 15 is 0 Å². The first-order valence-electron chi connectivity index (χ1n) is 11.2. The van der Waals surface area contributed by atoms with Crippen LogP contribution >= 0.6 is 0 Å². The van der Waals surface area contributed by atoms with Crippen LogP contribution in [0.5, 0.6) is 0 Å². The fraction of sp³-hybridized carbons (Fsp3) is 0.909. The Hall–Kier alpha value is -1.50. The fourth-order valence-corrected chi connectivity index (χ4v) is 4.34. The van der Waals surface area contributed by atoms with Crippen molar-refractivity contribution in [3.63, 3.8) is 0 Å². The van der Waals surface area contributed by atoms with Crippen molar-refractivity contribution in [3.8, 4) is 0 Å². The minimum absolute atomic E-state index is 0.195. The van der Waals surface area contributed by atoms with Crippen molar-refractivity contribution >= 4 is 12.1 Å². The van der Waals surface area contributed by atoms with Crippen molar-refractivity contribution in [1.82, 2.24) is 15.5 Å². The van der Waals surface area contributed by atoms with Crippen LogP contribution in [0.3, 0.4) is 0 Å². The van der Waals surface area contributed by atoms with E-state index in [1.807, 2.05) is 32.7 Å². The molecule has 2 aliphatic rings. The summed E-state index contributed by atoms with van der Waals surface area (Å²) in [5, 5.41) is 7.04. The van der Waals surface area contributed by atoms with Gasteiger partial charge in [0.05, 0.1) is 0 Å². The number of carbonyl (C=O) groups is 1. The van der Waals surface area contributed by atoms with Crippen LogP contribution in [0, 0.1) is 11.3 Å². The van der Waals surface area contributed by atoms with Gasteiger partial charge in [0, 0.05) is 46.9 Å². The first-order chi connectivity index (χ1) is 13.8. The number of rotatable bonds is 7. The Morgan fingerprint density at radius 3 is 2.38 bits per heavy atom. The molecule has 1 amide bonds. The third-order valence-electron chi connectivity index (χ3n) is 6.18. The Labute approximate surface area is 177 Å². The Morgan fingerprint density at radius 1 is 1.17 bits per heavy atom. The molecule has 0 aromatic heterocycles. The van der Waals surface area contributed by atoms with Gasteiger partial charge >= 0.3 is 6.09 Å². The third-order valence-corrected chi connectivity index (χ3v) is 6.18. The van der Waals surface area contributed by atoms with E-state index in [9.17, 15) is 4.79 Å². The van der Waals surface area contributed by atoms with E-state index < -0.39 is 5.60 Å². The van der Waals surface area contributed by atoms with E-state index in [0.717, 1.165) is 58.0 Å². The van der Waals surface area contributed by atoms with Gasteiger partial charge < -0.3 is 25.0 Å². The molecule has 0 aromatic rings. The second-order valence-electron chi connectivity index (χ2n) is 9.67. The van der Waals surface area contributed by atoms with Crippen molar-refractivity contribution < 1.29 is 14.3 Å². The number of hydrogen-bond donors (Lipinski definition) is 2. The summed E-state index contributed by atoms with van der Waals surface area (Å²) in [4.78, 5) is 18.4. The molecule has 1 saturated carbocycles. The van der Waals surface area contributed by atoms with Crippen molar-refractivity contribution in [3.05, 3.63) is 0 Å². The number of nitrogens with one attached hydrogen (secondary N) is 2. The topological polar surface area (TPSA) is 75.2 Å². The summed E-state index contributed by atoms with van der Waals surface area (Å²) in [6.45, 7) is 9.90. The molecule has 7 heteroatoms. The van der Waals surface area contributed by atoms with Crippen LogP contribution in [-0.4, -0.2) is 69.5 Å². The van der Waals surface area contributed by atoms with Gasteiger partial charge in [-0.05, 0) is 64.2 Å². The lowest BCUT2D eigenvalue weighted by Crippen LogP contribution is -2.47. The number of nitrogens with zero attached hydrogens (tertiary/aromatic N) is 2. The number of piperidine rings is 1. The van der Waals surface area contributed by atoms with E-state index in [1.165, 1.54) is 25.7 Å². The number of likely N-dealkylation sites (tertiary alicyclic amines) is 1. The van der Waals surface area contributed by atoms with E-state index in [1.54, 1.807) is 7.11 Å². The highest BCUT2D eigenvalue weighted by atomic mass is 16.6. The van der Waals surface area contributed by atoms with Crippen LogP contribution in [0.15, 0.2) is 4.99 Å². The lowest BCUT2D eigenvalue weighted by Gasteiger charge is -2.34. The third kappa shape index (κ3) is 8.03. The number of aliphatic imine (C=N–C) groups is 1. The Bertz CT molecular complexity index is 531. The predicted octanol–water partition coefficient (Wildman–Crippen LogP) is 3.40. The van der Waals surface area contributed by atoms with Crippen LogP contribution in [0.25, 0.3) is 0 Å². The maximum absolute atomic E-state index is 12.2. The zero-order chi connectivity index (χ0) is 21.3. The summed E-state index contributed by atoms with van der Waals surface area (Å²) in [6, 6.07) is 0. The molecule has 0 aromatic carbocycles. The molecule has 1 saturated heterocycles. The molecule has 0 radical (unpaired) electrons. The fourth-order valence-electron chi connectivity index (χ4n) is 4.34. The molecule has 7 nitrogen and oxygen atoms in total. The quantitative estimate of drug-likeness (QED) is 0.497. The highest BCUT2D eigenvalue weighted by Gasteiger charge is 2.33. The molecular weight excluding hydrogens is 368 g/mol. The number of guanidine groups is 1. The van der Waals surface area contributed by atoms with Gasteiger partial charge in [-0.3, -0.25) is 4.99 Å². The van der Waals surface area contributed by atoms with E-state index in [2.05, 4.69) is 15.6 Å². The molecular formula is C22H42N4O3. The summed E-state index contributed by atoms with van der Waals surface area (Å²) >= 11 is 0. The number of amides is 1. The summed E-state index contributed by atoms with van der Waals surface area (Å²) in [7, 11) is 3.61. The minimum Gasteiger partial charge on any atom is -0.444 e. The number of hydrogen-bond acceptors (Lipinski definition) is 4.